The number of benzene rings is 3. The number of hydrogen-bond donors (Lipinski definition) is 1. The summed E-state index contributed by atoms with van der Waals surface area (Å²) in [7, 11) is 0. The molecule has 1 aliphatic rings. The number of hydrogen-bond acceptors (Lipinski definition) is 2. The average Bonchev–Trinajstić information content (AvgIpc) is 3.25. The topological polar surface area (TPSA) is 49.0 Å². The van der Waals surface area contributed by atoms with Crippen molar-refractivity contribution in [2.75, 3.05) is 11.4 Å². The zero-order valence-corrected chi connectivity index (χ0v) is 20.2. The van der Waals surface area contributed by atoms with Crippen molar-refractivity contribution in [2.45, 2.75) is 32.1 Å². The van der Waals surface area contributed by atoms with Gasteiger partial charge in [0.05, 0.1) is 16.9 Å². The lowest BCUT2D eigenvalue weighted by Gasteiger charge is -2.29. The van der Waals surface area contributed by atoms with Gasteiger partial charge in [-0.2, -0.15) is 0 Å². The Hall–Kier alpha value is -3.63. The molecule has 35 heavy (non-hydrogen) atoms. The van der Waals surface area contributed by atoms with Crippen LogP contribution in [0.3, 0.4) is 0 Å². The molecular formula is C30H26ClN3O. The minimum Gasteiger partial charge on any atom is -0.353 e. The van der Waals surface area contributed by atoms with E-state index >= 15 is 0 Å². The molecule has 4 nitrogen and oxygen atoms in total. The highest BCUT2D eigenvalue weighted by Crippen LogP contribution is 2.34. The third kappa shape index (κ3) is 4.19. The molecule has 0 unspecified atom stereocenters. The molecule has 1 N–H and O–H groups in total. The Bertz CT molecular complexity index is 1550. The smallest absolute Gasteiger partial charge is 0.226 e. The third-order valence-electron chi connectivity index (χ3n) is 6.95. The van der Waals surface area contributed by atoms with Crippen LogP contribution in [0.5, 0.6) is 0 Å². The summed E-state index contributed by atoms with van der Waals surface area (Å²) in [6.07, 6.45) is 4.09. The minimum absolute atomic E-state index is 0.195. The zero-order chi connectivity index (χ0) is 23.8. The zero-order valence-electron chi connectivity index (χ0n) is 19.4. The quantitative estimate of drug-likeness (QED) is 0.286. The van der Waals surface area contributed by atoms with E-state index in [1.165, 1.54) is 5.56 Å². The number of aromatic amines is 1. The van der Waals surface area contributed by atoms with Crippen molar-refractivity contribution in [2.24, 2.45) is 0 Å². The molecule has 0 spiro atoms. The molecule has 0 atom stereocenters. The minimum atomic E-state index is 0.195. The van der Waals surface area contributed by atoms with E-state index in [-0.39, 0.29) is 5.91 Å². The maximum Gasteiger partial charge on any atom is 0.226 e. The first-order valence-electron chi connectivity index (χ1n) is 12.2. The monoisotopic (exact) mass is 479 g/mol. The molecule has 0 saturated carbocycles. The number of H-pyrrole nitrogens is 1. The van der Waals surface area contributed by atoms with Crippen LogP contribution >= 0.6 is 11.6 Å². The number of aryl methyl sites for hydroxylation is 2. The summed E-state index contributed by atoms with van der Waals surface area (Å²) in [6.45, 7) is 0.796. The lowest BCUT2D eigenvalue weighted by atomic mass is 9.99. The van der Waals surface area contributed by atoms with Crippen molar-refractivity contribution >= 4 is 45.0 Å². The van der Waals surface area contributed by atoms with Crippen LogP contribution in [0.25, 0.3) is 33.2 Å². The Morgan fingerprint density at radius 3 is 2.80 bits per heavy atom. The fraction of sp³-hybridized carbons (Fsp3) is 0.200. The van der Waals surface area contributed by atoms with Crippen LogP contribution in [0.2, 0.25) is 5.02 Å². The largest absolute Gasteiger partial charge is 0.353 e. The maximum atomic E-state index is 13.2. The Morgan fingerprint density at radius 1 is 1.00 bits per heavy atom. The first-order valence-corrected chi connectivity index (χ1v) is 12.6. The van der Waals surface area contributed by atoms with Crippen molar-refractivity contribution < 1.29 is 4.79 Å². The lowest BCUT2D eigenvalue weighted by Crippen LogP contribution is -2.35. The van der Waals surface area contributed by atoms with Crippen LogP contribution in [-0.2, 0) is 17.6 Å². The number of halogens is 1. The molecule has 174 valence electrons. The van der Waals surface area contributed by atoms with Crippen LogP contribution in [0.15, 0.2) is 78.9 Å². The van der Waals surface area contributed by atoms with Crippen molar-refractivity contribution in [3.8, 4) is 11.4 Å². The first kappa shape index (κ1) is 21.9. The van der Waals surface area contributed by atoms with E-state index in [1.807, 2.05) is 47.4 Å². The Labute approximate surface area is 209 Å². The lowest BCUT2D eigenvalue weighted by molar-refractivity contribution is -0.118. The molecule has 5 aromatic rings. The molecule has 5 heteroatoms. The number of amides is 1. The fourth-order valence-electron chi connectivity index (χ4n) is 5.25. The van der Waals surface area contributed by atoms with Gasteiger partial charge in [-0.1, -0.05) is 54.1 Å². The Kier molecular flexibility index (Phi) is 5.75. The second-order valence-corrected chi connectivity index (χ2v) is 9.63. The predicted molar refractivity (Wildman–Crippen MR) is 144 cm³/mol. The van der Waals surface area contributed by atoms with E-state index in [4.69, 9.17) is 16.6 Å². The molecule has 0 saturated heterocycles. The molecule has 3 heterocycles. The molecule has 0 aliphatic carbocycles. The average molecular weight is 480 g/mol. The van der Waals surface area contributed by atoms with Crippen LogP contribution < -0.4 is 4.90 Å². The summed E-state index contributed by atoms with van der Waals surface area (Å²) in [5.74, 6) is 0.195. The van der Waals surface area contributed by atoms with Gasteiger partial charge in [-0.05, 0) is 73.2 Å². The van der Waals surface area contributed by atoms with E-state index in [0.717, 1.165) is 76.7 Å². The number of nitrogens with zero attached hydrogens (tertiary/aromatic N) is 2. The van der Waals surface area contributed by atoms with Gasteiger partial charge in [-0.3, -0.25) is 4.79 Å². The Balaban J connectivity index is 1.29. The van der Waals surface area contributed by atoms with Crippen LogP contribution in [0.4, 0.5) is 5.69 Å². The summed E-state index contributed by atoms with van der Waals surface area (Å²) >= 11 is 6.37. The molecule has 1 amide bonds. The number of aromatic nitrogens is 2. The molecule has 1 aliphatic heterocycles. The molecular weight excluding hydrogens is 454 g/mol. The number of nitrogens with one attached hydrogen (secondary N) is 1. The van der Waals surface area contributed by atoms with E-state index in [9.17, 15) is 4.79 Å². The standard InChI is InChI=1S/C30H26ClN3O/c31-22-15-17-26-24(19-22)23(30(33-26)27-16-14-20-7-1-3-11-25(20)32-27)10-5-13-29(35)34-18-6-9-21-8-2-4-12-28(21)34/h1-4,7-8,11-12,14-17,19,33H,5-6,9-10,13,18H2. The van der Waals surface area contributed by atoms with Gasteiger partial charge in [-0.25, -0.2) is 4.98 Å². The number of anilines is 1. The molecule has 2 aromatic heterocycles. The van der Waals surface area contributed by atoms with Gasteiger partial charge in [0.1, 0.15) is 0 Å². The Morgan fingerprint density at radius 2 is 1.86 bits per heavy atom. The van der Waals surface area contributed by atoms with Gasteiger partial charge in [0, 0.05) is 40.0 Å². The molecule has 0 radical (unpaired) electrons. The normalized spacial score (nSPS) is 13.3. The second kappa shape index (κ2) is 9.20. The van der Waals surface area contributed by atoms with Gasteiger partial charge >= 0.3 is 0 Å². The maximum absolute atomic E-state index is 13.2. The molecule has 0 fully saturated rings. The van der Waals surface area contributed by atoms with Crippen molar-refractivity contribution in [1.29, 1.82) is 0 Å². The fourth-order valence-corrected chi connectivity index (χ4v) is 5.42. The first-order chi connectivity index (χ1) is 17.2. The van der Waals surface area contributed by atoms with Gasteiger partial charge in [-0.15, -0.1) is 0 Å². The predicted octanol–water partition coefficient (Wildman–Crippen LogP) is 7.34. The number of carbonyl (C=O) groups excluding carboxylic acids is 1. The van der Waals surface area contributed by atoms with Crippen LogP contribution in [0.1, 0.15) is 30.4 Å². The number of rotatable bonds is 5. The third-order valence-corrected chi connectivity index (χ3v) is 7.19. The van der Waals surface area contributed by atoms with E-state index in [1.54, 1.807) is 0 Å². The SMILES string of the molecule is O=C(CCCc1c(-c2ccc3ccccc3n2)[nH]c2ccc(Cl)cc12)N1CCCc2ccccc21. The summed E-state index contributed by atoms with van der Waals surface area (Å²) in [6, 6.07) is 26.5. The van der Waals surface area contributed by atoms with Crippen molar-refractivity contribution in [1.82, 2.24) is 9.97 Å². The van der Waals surface area contributed by atoms with E-state index in [2.05, 4.69) is 41.4 Å². The molecule has 0 bridgehead atoms. The van der Waals surface area contributed by atoms with E-state index in [0.29, 0.717) is 11.4 Å². The molecule has 3 aromatic carbocycles. The van der Waals surface area contributed by atoms with Gasteiger partial charge in [0.25, 0.3) is 0 Å². The summed E-state index contributed by atoms with van der Waals surface area (Å²) < 4.78 is 0. The van der Waals surface area contributed by atoms with Crippen LogP contribution in [0, 0.1) is 0 Å². The highest BCUT2D eigenvalue weighted by Gasteiger charge is 2.22. The van der Waals surface area contributed by atoms with Gasteiger partial charge in [0.15, 0.2) is 0 Å². The van der Waals surface area contributed by atoms with Crippen molar-refractivity contribution in [3.05, 3.63) is 95.0 Å². The summed E-state index contributed by atoms with van der Waals surface area (Å²) in [5.41, 5.74) is 7.41. The molecule has 6 rings (SSSR count). The highest BCUT2D eigenvalue weighted by molar-refractivity contribution is 6.31. The second-order valence-electron chi connectivity index (χ2n) is 9.19. The number of fused-ring (bicyclic) bond motifs is 3. The van der Waals surface area contributed by atoms with E-state index < -0.39 is 0 Å². The van der Waals surface area contributed by atoms with Gasteiger partial charge < -0.3 is 9.88 Å². The van der Waals surface area contributed by atoms with Gasteiger partial charge in [0.2, 0.25) is 5.91 Å². The van der Waals surface area contributed by atoms with Crippen LogP contribution in [-0.4, -0.2) is 22.4 Å². The number of carbonyl (C=O) groups is 1. The number of para-hydroxylation sites is 2. The van der Waals surface area contributed by atoms with Crippen molar-refractivity contribution in [3.63, 3.8) is 0 Å². The summed E-state index contributed by atoms with van der Waals surface area (Å²) in [4.78, 5) is 23.7. The highest BCUT2D eigenvalue weighted by atomic mass is 35.5. The summed E-state index contributed by atoms with van der Waals surface area (Å²) in [5, 5.41) is 2.92. The number of pyridine rings is 1.